The highest BCUT2D eigenvalue weighted by Crippen LogP contribution is 2.15. The number of rotatable bonds is 6. The molecule has 0 saturated carbocycles. The molecule has 1 fully saturated rings. The van der Waals surface area contributed by atoms with Crippen LogP contribution in [0.15, 0.2) is 0 Å². The second kappa shape index (κ2) is 7.20. The Morgan fingerprint density at radius 1 is 1.50 bits per heavy atom. The summed E-state index contributed by atoms with van der Waals surface area (Å²) in [7, 11) is 3.86. The molecule has 1 rings (SSSR count). The van der Waals surface area contributed by atoms with Crippen LogP contribution in [0.4, 0.5) is 4.79 Å². The predicted molar refractivity (Wildman–Crippen MR) is 68.6 cm³/mol. The number of carbonyl (C=O) groups excluding carboxylic acids is 1. The van der Waals surface area contributed by atoms with Crippen LogP contribution in [0, 0.1) is 0 Å². The van der Waals surface area contributed by atoms with Gasteiger partial charge in [0.1, 0.15) is 0 Å². The number of likely N-dealkylation sites (tertiary alicyclic amines) is 1. The van der Waals surface area contributed by atoms with Gasteiger partial charge in [0.2, 0.25) is 0 Å². The number of nitrogens with zero attached hydrogens (tertiary/aromatic N) is 2. The van der Waals surface area contributed by atoms with Gasteiger partial charge in [0.05, 0.1) is 0 Å². The van der Waals surface area contributed by atoms with E-state index >= 15 is 0 Å². The first-order valence-electron chi connectivity index (χ1n) is 6.41. The van der Waals surface area contributed by atoms with Crippen LogP contribution < -0.4 is 5.32 Å². The van der Waals surface area contributed by atoms with E-state index in [0.29, 0.717) is 19.0 Å². The minimum Gasteiger partial charge on any atom is -0.481 e. The highest BCUT2D eigenvalue weighted by Gasteiger charge is 2.23. The minimum absolute atomic E-state index is 0.0926. The molecule has 0 spiro atoms. The summed E-state index contributed by atoms with van der Waals surface area (Å²) in [5, 5.41) is 11.2. The minimum atomic E-state index is -0.829. The number of nitrogens with one attached hydrogen (secondary N) is 1. The number of carboxylic acid groups (broad SMARTS) is 1. The van der Waals surface area contributed by atoms with Crippen molar-refractivity contribution in [3.8, 4) is 0 Å². The molecular weight excluding hydrogens is 234 g/mol. The van der Waals surface area contributed by atoms with Crippen LogP contribution in [0.2, 0.25) is 0 Å². The third-order valence-corrected chi connectivity index (χ3v) is 3.35. The topological polar surface area (TPSA) is 72.9 Å². The van der Waals surface area contributed by atoms with E-state index in [2.05, 4.69) is 17.3 Å². The summed E-state index contributed by atoms with van der Waals surface area (Å²) in [6.45, 7) is 2.23. The quantitative estimate of drug-likeness (QED) is 0.683. The van der Waals surface area contributed by atoms with Gasteiger partial charge >= 0.3 is 12.0 Å². The Morgan fingerprint density at radius 2 is 2.22 bits per heavy atom. The van der Waals surface area contributed by atoms with Crippen molar-refractivity contribution in [2.75, 3.05) is 33.7 Å². The molecule has 0 aliphatic carbocycles. The number of likely N-dealkylation sites (N-methyl/N-ethyl adjacent to an activating group) is 2. The second-order valence-electron chi connectivity index (χ2n) is 4.89. The van der Waals surface area contributed by atoms with Crippen molar-refractivity contribution in [3.63, 3.8) is 0 Å². The molecule has 2 amide bonds. The van der Waals surface area contributed by atoms with E-state index in [1.165, 1.54) is 6.42 Å². The average Bonchev–Trinajstić information content (AvgIpc) is 2.70. The summed E-state index contributed by atoms with van der Waals surface area (Å²) in [5.41, 5.74) is 0. The van der Waals surface area contributed by atoms with Crippen molar-refractivity contribution in [1.29, 1.82) is 0 Å². The maximum absolute atomic E-state index is 11.7. The fourth-order valence-electron chi connectivity index (χ4n) is 2.18. The predicted octanol–water partition coefficient (Wildman–Crippen LogP) is 0.587. The molecule has 0 aromatic carbocycles. The molecule has 1 heterocycles. The van der Waals surface area contributed by atoms with Crippen LogP contribution in [0.1, 0.15) is 25.7 Å². The zero-order valence-electron chi connectivity index (χ0n) is 11.2. The second-order valence-corrected chi connectivity index (χ2v) is 4.89. The van der Waals surface area contributed by atoms with Gasteiger partial charge in [0, 0.05) is 32.6 Å². The van der Waals surface area contributed by atoms with E-state index in [1.807, 2.05) is 0 Å². The van der Waals surface area contributed by atoms with Crippen LogP contribution in [0.5, 0.6) is 0 Å². The van der Waals surface area contributed by atoms with Crippen molar-refractivity contribution in [3.05, 3.63) is 0 Å². The van der Waals surface area contributed by atoms with Gasteiger partial charge in [-0.3, -0.25) is 4.79 Å². The lowest BCUT2D eigenvalue weighted by atomic mass is 10.2. The number of hydrogen-bond donors (Lipinski definition) is 2. The first-order chi connectivity index (χ1) is 8.50. The molecule has 0 aromatic heterocycles. The first kappa shape index (κ1) is 14.8. The monoisotopic (exact) mass is 257 g/mol. The van der Waals surface area contributed by atoms with Crippen LogP contribution in [0.25, 0.3) is 0 Å². The van der Waals surface area contributed by atoms with Gasteiger partial charge in [0.25, 0.3) is 0 Å². The molecule has 6 nitrogen and oxygen atoms in total. The molecule has 0 aromatic rings. The maximum Gasteiger partial charge on any atom is 0.317 e. The molecule has 1 atom stereocenters. The van der Waals surface area contributed by atoms with Gasteiger partial charge in [-0.2, -0.15) is 0 Å². The molecule has 1 saturated heterocycles. The normalized spacial score (nSPS) is 19.8. The molecule has 0 bridgehead atoms. The third-order valence-electron chi connectivity index (χ3n) is 3.35. The number of urea groups is 1. The molecule has 18 heavy (non-hydrogen) atoms. The highest BCUT2D eigenvalue weighted by molar-refractivity contribution is 5.74. The standard InChI is InChI=1S/C12H23N3O3/c1-14-8-4-5-10(14)9-15(2)12(18)13-7-3-6-11(16)17/h10H,3-9H2,1-2H3,(H,13,18)(H,16,17). The summed E-state index contributed by atoms with van der Waals surface area (Å²) >= 11 is 0. The number of carboxylic acids is 1. The molecular formula is C12H23N3O3. The lowest BCUT2D eigenvalue weighted by Crippen LogP contribution is -2.44. The summed E-state index contributed by atoms with van der Waals surface area (Å²) < 4.78 is 0. The van der Waals surface area contributed by atoms with Crippen molar-refractivity contribution in [2.45, 2.75) is 31.7 Å². The zero-order valence-corrected chi connectivity index (χ0v) is 11.2. The van der Waals surface area contributed by atoms with Gasteiger partial charge in [-0.05, 0) is 32.9 Å². The van der Waals surface area contributed by atoms with Crippen LogP contribution in [-0.4, -0.2) is 66.7 Å². The van der Waals surface area contributed by atoms with Crippen molar-refractivity contribution >= 4 is 12.0 Å². The van der Waals surface area contributed by atoms with Gasteiger partial charge in [-0.1, -0.05) is 0 Å². The molecule has 1 aliphatic heterocycles. The number of amides is 2. The summed E-state index contributed by atoms with van der Waals surface area (Å²) in [5.74, 6) is -0.829. The highest BCUT2D eigenvalue weighted by atomic mass is 16.4. The molecule has 1 aliphatic rings. The zero-order chi connectivity index (χ0) is 13.5. The fourth-order valence-corrected chi connectivity index (χ4v) is 2.18. The summed E-state index contributed by atoms with van der Waals surface area (Å²) in [6.07, 6.45) is 2.88. The Bertz CT molecular complexity index is 296. The maximum atomic E-state index is 11.7. The van der Waals surface area contributed by atoms with Gasteiger partial charge < -0.3 is 20.2 Å². The molecule has 2 N–H and O–H groups in total. The smallest absolute Gasteiger partial charge is 0.317 e. The number of hydrogen-bond acceptors (Lipinski definition) is 3. The van der Waals surface area contributed by atoms with E-state index < -0.39 is 5.97 Å². The van der Waals surface area contributed by atoms with E-state index in [9.17, 15) is 9.59 Å². The van der Waals surface area contributed by atoms with Crippen LogP contribution in [-0.2, 0) is 4.79 Å². The van der Waals surface area contributed by atoms with Gasteiger partial charge in [0.15, 0.2) is 0 Å². The Kier molecular flexibility index (Phi) is 5.91. The fraction of sp³-hybridized carbons (Fsp3) is 0.833. The molecule has 0 radical (unpaired) electrons. The first-order valence-corrected chi connectivity index (χ1v) is 6.41. The van der Waals surface area contributed by atoms with E-state index in [1.54, 1.807) is 11.9 Å². The van der Waals surface area contributed by atoms with Crippen LogP contribution in [0.3, 0.4) is 0 Å². The third kappa shape index (κ3) is 4.91. The number of aliphatic carboxylic acids is 1. The van der Waals surface area contributed by atoms with E-state index in [4.69, 9.17) is 5.11 Å². The molecule has 1 unspecified atom stereocenters. The Morgan fingerprint density at radius 3 is 2.78 bits per heavy atom. The Labute approximate surface area is 108 Å². The summed E-state index contributed by atoms with van der Waals surface area (Å²) in [4.78, 5) is 26.0. The largest absolute Gasteiger partial charge is 0.481 e. The SMILES string of the molecule is CN(CC1CCCN1C)C(=O)NCCCC(=O)O. The molecule has 6 heteroatoms. The van der Waals surface area contributed by atoms with Gasteiger partial charge in [-0.25, -0.2) is 4.79 Å². The van der Waals surface area contributed by atoms with Crippen molar-refractivity contribution < 1.29 is 14.7 Å². The lowest BCUT2D eigenvalue weighted by molar-refractivity contribution is -0.137. The Hall–Kier alpha value is -1.30. The van der Waals surface area contributed by atoms with E-state index in [-0.39, 0.29) is 12.5 Å². The van der Waals surface area contributed by atoms with Crippen LogP contribution >= 0.6 is 0 Å². The summed E-state index contributed by atoms with van der Waals surface area (Å²) in [6, 6.07) is 0.320. The van der Waals surface area contributed by atoms with Gasteiger partial charge in [-0.15, -0.1) is 0 Å². The van der Waals surface area contributed by atoms with Crippen molar-refractivity contribution in [1.82, 2.24) is 15.1 Å². The average molecular weight is 257 g/mol. The van der Waals surface area contributed by atoms with E-state index in [0.717, 1.165) is 19.5 Å². The van der Waals surface area contributed by atoms with Crippen molar-refractivity contribution in [2.24, 2.45) is 0 Å². The Balaban J connectivity index is 2.18. The number of carbonyl (C=O) groups is 2. The lowest BCUT2D eigenvalue weighted by Gasteiger charge is -2.26. The molecule has 104 valence electrons.